The molecular formula is C12H8N2S. The van der Waals surface area contributed by atoms with E-state index < -0.39 is 0 Å². The quantitative estimate of drug-likeness (QED) is 0.655. The van der Waals surface area contributed by atoms with Crippen molar-refractivity contribution >= 4 is 39.5 Å². The highest BCUT2D eigenvalue weighted by Crippen LogP contribution is 2.32. The Balaban J connectivity index is 2.37. The summed E-state index contributed by atoms with van der Waals surface area (Å²) in [7, 11) is 0. The number of fused-ring (bicyclic) bond motifs is 3. The Morgan fingerprint density at radius 1 is 1.07 bits per heavy atom. The maximum atomic E-state index is 4.39. The van der Waals surface area contributed by atoms with Crippen LogP contribution in [0.15, 0.2) is 40.9 Å². The largest absolute Gasteiger partial charge is 0.256 e. The Morgan fingerprint density at radius 3 is 3.07 bits per heavy atom. The van der Waals surface area contributed by atoms with Gasteiger partial charge in [0.1, 0.15) is 0 Å². The van der Waals surface area contributed by atoms with Crippen molar-refractivity contribution < 1.29 is 0 Å². The number of thiazole rings is 1. The van der Waals surface area contributed by atoms with Crippen LogP contribution in [-0.2, 0) is 0 Å². The molecular weight excluding hydrogens is 204 g/mol. The Morgan fingerprint density at radius 2 is 2.07 bits per heavy atom. The molecule has 15 heavy (non-hydrogen) atoms. The molecule has 2 heterocycles. The summed E-state index contributed by atoms with van der Waals surface area (Å²) in [6, 6.07) is 4.03. The standard InChI is InChI=1S/C12H8N2S/c1-2-4-9-10(13-7-3-1)5-6-11-12(9)15-8-14-11/h1-8H. The number of aliphatic imine (C=N–C) groups is 1. The van der Waals surface area contributed by atoms with Gasteiger partial charge in [-0.15, -0.1) is 11.3 Å². The van der Waals surface area contributed by atoms with Crippen LogP contribution in [-0.4, -0.2) is 11.2 Å². The van der Waals surface area contributed by atoms with Crippen LogP contribution >= 0.6 is 11.3 Å². The van der Waals surface area contributed by atoms with Crippen molar-refractivity contribution in [1.29, 1.82) is 0 Å². The molecule has 1 aromatic carbocycles. The number of allylic oxidation sites excluding steroid dienone is 3. The van der Waals surface area contributed by atoms with Crippen molar-refractivity contribution in [3.05, 3.63) is 41.4 Å². The Labute approximate surface area is 91.3 Å². The molecule has 0 saturated carbocycles. The zero-order valence-electron chi connectivity index (χ0n) is 7.92. The van der Waals surface area contributed by atoms with Crippen LogP contribution in [0.5, 0.6) is 0 Å². The summed E-state index contributed by atoms with van der Waals surface area (Å²) in [5, 5.41) is 0. The minimum absolute atomic E-state index is 1.01. The molecule has 0 atom stereocenters. The first kappa shape index (κ1) is 8.56. The van der Waals surface area contributed by atoms with Crippen LogP contribution in [0.3, 0.4) is 0 Å². The van der Waals surface area contributed by atoms with Gasteiger partial charge in [-0.1, -0.05) is 18.2 Å². The van der Waals surface area contributed by atoms with Gasteiger partial charge in [-0.2, -0.15) is 0 Å². The summed E-state index contributed by atoms with van der Waals surface area (Å²) in [5.41, 5.74) is 5.09. The van der Waals surface area contributed by atoms with E-state index in [1.165, 1.54) is 4.70 Å². The fourth-order valence-corrected chi connectivity index (χ4v) is 2.41. The predicted octanol–water partition coefficient (Wildman–Crippen LogP) is 3.58. The van der Waals surface area contributed by atoms with Gasteiger partial charge in [0.2, 0.25) is 0 Å². The first-order chi connectivity index (χ1) is 7.45. The van der Waals surface area contributed by atoms with Crippen LogP contribution in [0, 0.1) is 0 Å². The summed E-state index contributed by atoms with van der Waals surface area (Å²) >= 11 is 1.66. The van der Waals surface area contributed by atoms with E-state index >= 15 is 0 Å². The van der Waals surface area contributed by atoms with Crippen LogP contribution in [0.1, 0.15) is 5.56 Å². The molecule has 0 bridgehead atoms. The molecule has 3 rings (SSSR count). The topological polar surface area (TPSA) is 25.2 Å². The minimum Gasteiger partial charge on any atom is -0.256 e. The van der Waals surface area contributed by atoms with Crippen LogP contribution in [0.2, 0.25) is 0 Å². The second-order valence-electron chi connectivity index (χ2n) is 3.22. The van der Waals surface area contributed by atoms with Gasteiger partial charge in [0.05, 0.1) is 21.4 Å². The molecule has 1 aliphatic heterocycles. The third kappa shape index (κ3) is 1.41. The lowest BCUT2D eigenvalue weighted by atomic mass is 10.1. The third-order valence-electron chi connectivity index (χ3n) is 2.30. The lowest BCUT2D eigenvalue weighted by Crippen LogP contribution is -1.79. The van der Waals surface area contributed by atoms with E-state index in [9.17, 15) is 0 Å². The number of rotatable bonds is 0. The van der Waals surface area contributed by atoms with E-state index in [2.05, 4.69) is 16.1 Å². The summed E-state index contributed by atoms with van der Waals surface area (Å²) in [4.78, 5) is 8.69. The molecule has 0 unspecified atom stereocenters. The molecule has 72 valence electrons. The molecule has 0 amide bonds. The summed E-state index contributed by atoms with van der Waals surface area (Å²) in [6.45, 7) is 0. The van der Waals surface area contributed by atoms with Crippen molar-refractivity contribution in [1.82, 2.24) is 4.98 Å². The number of aromatic nitrogens is 1. The second kappa shape index (κ2) is 3.44. The van der Waals surface area contributed by atoms with E-state index in [0.717, 1.165) is 16.8 Å². The lowest BCUT2D eigenvalue weighted by Gasteiger charge is -2.02. The smallest absolute Gasteiger partial charge is 0.0819 e. The van der Waals surface area contributed by atoms with Gasteiger partial charge in [-0.25, -0.2) is 4.98 Å². The van der Waals surface area contributed by atoms with Gasteiger partial charge in [0, 0.05) is 11.8 Å². The molecule has 0 saturated heterocycles. The van der Waals surface area contributed by atoms with Crippen molar-refractivity contribution in [2.24, 2.45) is 4.99 Å². The molecule has 3 heteroatoms. The summed E-state index contributed by atoms with van der Waals surface area (Å²) < 4.78 is 1.20. The van der Waals surface area contributed by atoms with Gasteiger partial charge in [0.15, 0.2) is 0 Å². The van der Waals surface area contributed by atoms with Crippen LogP contribution in [0.4, 0.5) is 5.69 Å². The van der Waals surface area contributed by atoms with E-state index in [1.807, 2.05) is 42.1 Å². The van der Waals surface area contributed by atoms with E-state index in [-0.39, 0.29) is 0 Å². The van der Waals surface area contributed by atoms with Gasteiger partial charge < -0.3 is 0 Å². The maximum absolute atomic E-state index is 4.39. The van der Waals surface area contributed by atoms with Crippen molar-refractivity contribution in [2.45, 2.75) is 0 Å². The van der Waals surface area contributed by atoms with Crippen molar-refractivity contribution in [3.8, 4) is 0 Å². The zero-order chi connectivity index (χ0) is 10.1. The van der Waals surface area contributed by atoms with E-state index in [1.54, 1.807) is 11.3 Å². The molecule has 0 radical (unpaired) electrons. The molecule has 0 spiro atoms. The third-order valence-corrected chi connectivity index (χ3v) is 3.18. The summed E-state index contributed by atoms with van der Waals surface area (Å²) in [6.07, 6.45) is 9.84. The van der Waals surface area contributed by atoms with Gasteiger partial charge in [-0.3, -0.25) is 4.99 Å². The first-order valence-corrected chi connectivity index (χ1v) is 5.57. The average molecular weight is 212 g/mol. The highest BCUT2D eigenvalue weighted by atomic mass is 32.1. The number of benzene rings is 1. The number of hydrogen-bond donors (Lipinski definition) is 0. The van der Waals surface area contributed by atoms with Crippen molar-refractivity contribution in [3.63, 3.8) is 0 Å². The van der Waals surface area contributed by atoms with Crippen LogP contribution < -0.4 is 0 Å². The molecule has 0 aliphatic carbocycles. The predicted molar refractivity (Wildman–Crippen MR) is 65.9 cm³/mol. The SMILES string of the molecule is C1=CC=Nc2ccc3ncsc3c2C=C1. The van der Waals surface area contributed by atoms with E-state index in [4.69, 9.17) is 0 Å². The second-order valence-corrected chi connectivity index (χ2v) is 4.08. The molecule has 0 N–H and O–H groups in total. The molecule has 2 aromatic rings. The van der Waals surface area contributed by atoms with Gasteiger partial charge >= 0.3 is 0 Å². The van der Waals surface area contributed by atoms with Crippen molar-refractivity contribution in [2.75, 3.05) is 0 Å². The monoisotopic (exact) mass is 212 g/mol. The zero-order valence-corrected chi connectivity index (χ0v) is 8.74. The maximum Gasteiger partial charge on any atom is 0.0819 e. The molecule has 0 fully saturated rings. The van der Waals surface area contributed by atoms with Gasteiger partial charge in [-0.05, 0) is 18.2 Å². The highest BCUT2D eigenvalue weighted by molar-refractivity contribution is 7.17. The lowest BCUT2D eigenvalue weighted by molar-refractivity contribution is 1.48. The fraction of sp³-hybridized carbons (Fsp3) is 0. The summed E-state index contributed by atoms with van der Waals surface area (Å²) in [5.74, 6) is 0. The number of hydrogen-bond acceptors (Lipinski definition) is 3. The van der Waals surface area contributed by atoms with Crippen LogP contribution in [0.25, 0.3) is 16.3 Å². The molecule has 1 aliphatic rings. The highest BCUT2D eigenvalue weighted by Gasteiger charge is 2.06. The van der Waals surface area contributed by atoms with E-state index in [0.29, 0.717) is 0 Å². The molecule has 2 nitrogen and oxygen atoms in total. The van der Waals surface area contributed by atoms with Gasteiger partial charge in [0.25, 0.3) is 0 Å². The Hall–Kier alpha value is -1.74. The first-order valence-electron chi connectivity index (χ1n) is 4.69. The minimum atomic E-state index is 1.01. The fourth-order valence-electron chi connectivity index (χ4n) is 1.60. The normalized spacial score (nSPS) is 13.9. The average Bonchev–Trinajstić information content (AvgIpc) is 2.65. The molecule has 1 aromatic heterocycles. The number of nitrogens with zero attached hydrogens (tertiary/aromatic N) is 2. The Kier molecular flexibility index (Phi) is 1.96. The Bertz CT molecular complexity index is 591.